The second-order valence-corrected chi connectivity index (χ2v) is 7.99. The molecule has 0 aliphatic rings. The quantitative estimate of drug-likeness (QED) is 0.214. The molecule has 0 aromatic heterocycles. The zero-order valence-corrected chi connectivity index (χ0v) is 17.3. The molecule has 0 bridgehead atoms. The van der Waals surface area contributed by atoms with E-state index in [4.69, 9.17) is 5.11 Å². The summed E-state index contributed by atoms with van der Waals surface area (Å²) < 4.78 is 0. The van der Waals surface area contributed by atoms with Crippen LogP contribution in [0.25, 0.3) is 0 Å². The van der Waals surface area contributed by atoms with Crippen molar-refractivity contribution in [1.29, 1.82) is 0 Å². The lowest BCUT2D eigenvalue weighted by Gasteiger charge is -2.06. The van der Waals surface area contributed by atoms with Crippen LogP contribution in [-0.4, -0.2) is 22.9 Å². The van der Waals surface area contributed by atoms with Gasteiger partial charge in [0, 0.05) is 0 Å². The Kier molecular flexibility index (Phi) is 21.9. The molecule has 25 heavy (non-hydrogen) atoms. The highest BCUT2D eigenvalue weighted by atomic mass is 16.3. The van der Waals surface area contributed by atoms with Crippen LogP contribution < -0.4 is 0 Å². The molecule has 1 atom stereocenters. The summed E-state index contributed by atoms with van der Waals surface area (Å²) >= 11 is 0. The van der Waals surface area contributed by atoms with Crippen LogP contribution in [0.3, 0.4) is 0 Å². The molecule has 0 unspecified atom stereocenters. The fraction of sp³-hybridized carbons (Fsp3) is 1.00. The third-order valence-corrected chi connectivity index (χ3v) is 5.35. The van der Waals surface area contributed by atoms with Gasteiger partial charge >= 0.3 is 0 Å². The minimum atomic E-state index is -0.495. The van der Waals surface area contributed by atoms with E-state index in [1.54, 1.807) is 0 Å². The molecule has 0 rings (SSSR count). The summed E-state index contributed by atoms with van der Waals surface area (Å²) in [6, 6.07) is 0. The summed E-state index contributed by atoms with van der Waals surface area (Å²) in [6.45, 7) is 2.20. The van der Waals surface area contributed by atoms with Gasteiger partial charge in [-0.25, -0.2) is 0 Å². The van der Waals surface area contributed by atoms with Gasteiger partial charge in [-0.2, -0.15) is 0 Å². The van der Waals surface area contributed by atoms with Gasteiger partial charge in [-0.15, -0.1) is 0 Å². The molecule has 0 amide bonds. The minimum absolute atomic E-state index is 0.0843. The summed E-state index contributed by atoms with van der Waals surface area (Å²) in [5.41, 5.74) is 0. The monoisotopic (exact) mass is 356 g/mol. The van der Waals surface area contributed by atoms with E-state index >= 15 is 0 Å². The van der Waals surface area contributed by atoms with Crippen LogP contribution in [0.1, 0.15) is 135 Å². The molecule has 0 saturated carbocycles. The minimum Gasteiger partial charge on any atom is -0.394 e. The maximum atomic E-state index is 9.25. The first-order chi connectivity index (χ1) is 12.3. The number of rotatable bonds is 21. The van der Waals surface area contributed by atoms with Gasteiger partial charge in [-0.1, -0.05) is 129 Å². The Morgan fingerprint density at radius 1 is 0.480 bits per heavy atom. The molecule has 0 spiro atoms. The Bertz CT molecular complexity index is 230. The van der Waals surface area contributed by atoms with Crippen molar-refractivity contribution in [2.24, 2.45) is 0 Å². The van der Waals surface area contributed by atoms with Gasteiger partial charge in [0.25, 0.3) is 0 Å². The van der Waals surface area contributed by atoms with Crippen molar-refractivity contribution in [2.45, 2.75) is 141 Å². The summed E-state index contributed by atoms with van der Waals surface area (Å²) in [5.74, 6) is 0. The smallest absolute Gasteiger partial charge is 0.0770 e. The molecule has 0 aliphatic carbocycles. The maximum absolute atomic E-state index is 9.25. The first-order valence-corrected chi connectivity index (χ1v) is 11.6. The lowest BCUT2D eigenvalue weighted by Crippen LogP contribution is -2.10. The maximum Gasteiger partial charge on any atom is 0.0770 e. The zero-order chi connectivity index (χ0) is 18.4. The standard InChI is InChI=1S/C23H48O2/c1-2-3-4-5-6-7-8-9-10-11-12-13-14-15-16-17-18-19-20-21-23(25)22-24/h23-25H,2-22H2,1H3/t23-/m0/s1. The van der Waals surface area contributed by atoms with Crippen molar-refractivity contribution in [3.8, 4) is 0 Å². The number of aliphatic hydroxyl groups excluding tert-OH is 2. The second-order valence-electron chi connectivity index (χ2n) is 7.99. The predicted octanol–water partition coefficient (Wildman–Crippen LogP) is 7.16. The number of hydrogen-bond acceptors (Lipinski definition) is 2. The Balaban J connectivity index is 2.98. The van der Waals surface area contributed by atoms with Gasteiger partial charge in [0.05, 0.1) is 12.7 Å². The Labute approximate surface area is 158 Å². The van der Waals surface area contributed by atoms with E-state index in [-0.39, 0.29) is 6.61 Å². The van der Waals surface area contributed by atoms with Crippen LogP contribution >= 0.6 is 0 Å². The van der Waals surface area contributed by atoms with E-state index in [1.165, 1.54) is 116 Å². The molecule has 2 N–H and O–H groups in total. The van der Waals surface area contributed by atoms with Crippen LogP contribution in [0.5, 0.6) is 0 Å². The average Bonchev–Trinajstić information content (AvgIpc) is 2.63. The summed E-state index contributed by atoms with van der Waals surface area (Å²) in [7, 11) is 0. The van der Waals surface area contributed by atoms with Gasteiger partial charge in [0.1, 0.15) is 0 Å². The lowest BCUT2D eigenvalue weighted by molar-refractivity contribution is 0.0860. The highest BCUT2D eigenvalue weighted by molar-refractivity contribution is 4.54. The Morgan fingerprint density at radius 3 is 1.04 bits per heavy atom. The van der Waals surface area contributed by atoms with E-state index in [1.807, 2.05) is 0 Å². The van der Waals surface area contributed by atoms with Crippen molar-refractivity contribution in [2.75, 3.05) is 6.61 Å². The molecular weight excluding hydrogens is 308 g/mol. The molecule has 2 nitrogen and oxygen atoms in total. The predicted molar refractivity (Wildman–Crippen MR) is 111 cm³/mol. The molecular formula is C23H48O2. The van der Waals surface area contributed by atoms with Crippen molar-refractivity contribution in [3.63, 3.8) is 0 Å². The van der Waals surface area contributed by atoms with Gasteiger partial charge in [-0.05, 0) is 6.42 Å². The van der Waals surface area contributed by atoms with Crippen LogP contribution in [-0.2, 0) is 0 Å². The van der Waals surface area contributed by atoms with Gasteiger partial charge in [0.15, 0.2) is 0 Å². The van der Waals surface area contributed by atoms with Crippen LogP contribution in [0.4, 0.5) is 0 Å². The normalized spacial score (nSPS) is 12.6. The molecule has 0 aliphatic heterocycles. The van der Waals surface area contributed by atoms with E-state index in [0.29, 0.717) is 0 Å². The Hall–Kier alpha value is -0.0800. The van der Waals surface area contributed by atoms with Crippen molar-refractivity contribution >= 4 is 0 Å². The SMILES string of the molecule is CCCCCCCCCCCCCCCCCCCCC[C@H](O)CO. The topological polar surface area (TPSA) is 40.5 Å². The highest BCUT2D eigenvalue weighted by Crippen LogP contribution is 2.14. The van der Waals surface area contributed by atoms with Crippen molar-refractivity contribution < 1.29 is 10.2 Å². The fourth-order valence-electron chi connectivity index (χ4n) is 3.55. The van der Waals surface area contributed by atoms with Gasteiger partial charge < -0.3 is 10.2 Å². The number of hydrogen-bond donors (Lipinski definition) is 2. The summed E-state index contributed by atoms with van der Waals surface area (Å²) in [4.78, 5) is 0. The largest absolute Gasteiger partial charge is 0.394 e. The first kappa shape index (κ1) is 24.9. The van der Waals surface area contributed by atoms with Gasteiger partial charge in [0.2, 0.25) is 0 Å². The molecule has 0 aromatic rings. The van der Waals surface area contributed by atoms with E-state index in [0.717, 1.165) is 12.8 Å². The summed E-state index contributed by atoms with van der Waals surface area (Å²) in [6.07, 6.45) is 26.6. The van der Waals surface area contributed by atoms with E-state index < -0.39 is 6.10 Å². The van der Waals surface area contributed by atoms with E-state index in [2.05, 4.69) is 6.92 Å². The number of aliphatic hydroxyl groups is 2. The van der Waals surface area contributed by atoms with E-state index in [9.17, 15) is 5.11 Å². The van der Waals surface area contributed by atoms with Gasteiger partial charge in [-0.3, -0.25) is 0 Å². The highest BCUT2D eigenvalue weighted by Gasteiger charge is 2.00. The summed E-state index contributed by atoms with van der Waals surface area (Å²) in [5, 5.41) is 18.0. The Morgan fingerprint density at radius 2 is 0.760 bits per heavy atom. The third-order valence-electron chi connectivity index (χ3n) is 5.35. The van der Waals surface area contributed by atoms with Crippen molar-refractivity contribution in [3.05, 3.63) is 0 Å². The molecule has 0 radical (unpaired) electrons. The first-order valence-electron chi connectivity index (χ1n) is 11.6. The molecule has 152 valence electrons. The fourth-order valence-corrected chi connectivity index (χ4v) is 3.55. The zero-order valence-electron chi connectivity index (χ0n) is 17.3. The lowest BCUT2D eigenvalue weighted by atomic mass is 10.0. The van der Waals surface area contributed by atoms with Crippen LogP contribution in [0, 0.1) is 0 Å². The molecule has 0 saturated heterocycles. The van der Waals surface area contributed by atoms with Crippen molar-refractivity contribution in [1.82, 2.24) is 0 Å². The molecule has 0 fully saturated rings. The number of unbranched alkanes of at least 4 members (excludes halogenated alkanes) is 18. The molecule has 0 heterocycles. The molecule has 0 aromatic carbocycles. The molecule has 2 heteroatoms. The average molecular weight is 357 g/mol. The van der Waals surface area contributed by atoms with Crippen LogP contribution in [0.15, 0.2) is 0 Å². The second kappa shape index (κ2) is 22.0. The van der Waals surface area contributed by atoms with Crippen LogP contribution in [0.2, 0.25) is 0 Å². The third kappa shape index (κ3) is 21.9.